The van der Waals surface area contributed by atoms with Gasteiger partial charge in [0.05, 0.1) is 6.33 Å². The molecule has 3 rings (SSSR count). The van der Waals surface area contributed by atoms with Gasteiger partial charge < -0.3 is 16.0 Å². The summed E-state index contributed by atoms with van der Waals surface area (Å²) in [5.41, 5.74) is 7.50. The maximum Gasteiger partial charge on any atom is 0.182 e. The Morgan fingerprint density at radius 3 is 2.89 bits per heavy atom. The summed E-state index contributed by atoms with van der Waals surface area (Å²) in [6.07, 6.45) is 7.86. The second-order valence-corrected chi connectivity index (χ2v) is 4.99. The minimum atomic E-state index is 0.402. The summed E-state index contributed by atoms with van der Waals surface area (Å²) < 4.78 is 0. The fraction of sp³-hybridized carbons (Fsp3) is 0.583. The average Bonchev–Trinajstić information content (AvgIpc) is 2.87. The van der Waals surface area contributed by atoms with Gasteiger partial charge in [-0.25, -0.2) is 15.0 Å². The molecule has 0 saturated heterocycles. The van der Waals surface area contributed by atoms with Crippen molar-refractivity contribution in [1.29, 1.82) is 0 Å². The van der Waals surface area contributed by atoms with Crippen LogP contribution in [0, 0.1) is 5.92 Å². The Bertz CT molecular complexity index is 514. The summed E-state index contributed by atoms with van der Waals surface area (Å²) in [6.45, 7) is 0.942. The minimum absolute atomic E-state index is 0.402. The molecule has 0 aliphatic heterocycles. The molecule has 1 aliphatic rings. The Morgan fingerprint density at radius 1 is 1.22 bits per heavy atom. The maximum absolute atomic E-state index is 5.91. The molecule has 2 aromatic rings. The predicted molar refractivity (Wildman–Crippen MR) is 70.1 cm³/mol. The molecule has 1 aliphatic carbocycles. The zero-order valence-corrected chi connectivity index (χ0v) is 10.3. The lowest BCUT2D eigenvalue weighted by Crippen LogP contribution is -2.29. The van der Waals surface area contributed by atoms with E-state index in [4.69, 9.17) is 5.73 Å². The zero-order valence-electron chi connectivity index (χ0n) is 10.3. The number of anilines is 1. The van der Waals surface area contributed by atoms with Crippen molar-refractivity contribution >= 4 is 17.0 Å². The number of hydrogen-bond acceptors (Lipinski definition) is 5. The Morgan fingerprint density at radius 2 is 2.06 bits per heavy atom. The van der Waals surface area contributed by atoms with Crippen molar-refractivity contribution in [3.63, 3.8) is 0 Å². The fourth-order valence-corrected chi connectivity index (χ4v) is 2.53. The Balaban J connectivity index is 1.64. The van der Waals surface area contributed by atoms with Crippen molar-refractivity contribution in [3.05, 3.63) is 12.7 Å². The summed E-state index contributed by atoms with van der Waals surface area (Å²) in [6, 6.07) is 0.402. The van der Waals surface area contributed by atoms with E-state index in [1.165, 1.54) is 12.8 Å². The average molecular weight is 246 g/mol. The highest BCUT2D eigenvalue weighted by Crippen LogP contribution is 2.24. The molecule has 0 amide bonds. The van der Waals surface area contributed by atoms with Crippen LogP contribution >= 0.6 is 0 Å². The first-order valence-electron chi connectivity index (χ1n) is 6.46. The molecule has 6 heteroatoms. The molecule has 0 spiro atoms. The summed E-state index contributed by atoms with van der Waals surface area (Å²) in [7, 11) is 0. The van der Waals surface area contributed by atoms with Gasteiger partial charge in [0.25, 0.3) is 0 Å². The van der Waals surface area contributed by atoms with Gasteiger partial charge in [-0.3, -0.25) is 0 Å². The number of fused-ring (bicyclic) bond motifs is 1. The van der Waals surface area contributed by atoms with Crippen LogP contribution in [0.5, 0.6) is 0 Å². The Labute approximate surface area is 105 Å². The molecule has 0 unspecified atom stereocenters. The van der Waals surface area contributed by atoms with Gasteiger partial charge in [-0.2, -0.15) is 0 Å². The number of nitrogens with one attached hydrogen (secondary N) is 2. The van der Waals surface area contributed by atoms with Crippen molar-refractivity contribution in [2.45, 2.75) is 31.7 Å². The first kappa shape index (κ1) is 11.4. The van der Waals surface area contributed by atoms with E-state index < -0.39 is 0 Å². The molecular weight excluding hydrogens is 228 g/mol. The number of aromatic amines is 1. The standard InChI is InChI=1S/C12H18N6/c13-9-3-1-8(2-4-9)5-14-11-10-12(16-6-15-10)18-7-17-11/h6-9H,1-5,13H2,(H2,14,15,16,17,18). The molecule has 1 fully saturated rings. The summed E-state index contributed by atoms with van der Waals surface area (Å²) in [4.78, 5) is 15.5. The maximum atomic E-state index is 5.91. The van der Waals surface area contributed by atoms with Gasteiger partial charge in [-0.15, -0.1) is 0 Å². The number of imidazole rings is 1. The van der Waals surface area contributed by atoms with Crippen LogP contribution in [0.1, 0.15) is 25.7 Å². The van der Waals surface area contributed by atoms with Crippen LogP contribution in [-0.2, 0) is 0 Å². The van der Waals surface area contributed by atoms with E-state index in [0.717, 1.165) is 30.7 Å². The number of hydrogen-bond donors (Lipinski definition) is 3. The number of rotatable bonds is 3. The molecule has 6 nitrogen and oxygen atoms in total. The lowest BCUT2D eigenvalue weighted by Gasteiger charge is -2.26. The Kier molecular flexibility index (Phi) is 3.10. The second-order valence-electron chi connectivity index (χ2n) is 4.99. The molecule has 1 saturated carbocycles. The smallest absolute Gasteiger partial charge is 0.182 e. The third kappa shape index (κ3) is 2.28. The van der Waals surface area contributed by atoms with Crippen LogP contribution in [0.3, 0.4) is 0 Å². The minimum Gasteiger partial charge on any atom is -0.368 e. The van der Waals surface area contributed by atoms with Gasteiger partial charge >= 0.3 is 0 Å². The van der Waals surface area contributed by atoms with Crippen LogP contribution in [0.25, 0.3) is 11.2 Å². The van der Waals surface area contributed by atoms with Crippen molar-refractivity contribution < 1.29 is 0 Å². The van der Waals surface area contributed by atoms with Gasteiger partial charge in [-0.1, -0.05) is 0 Å². The highest BCUT2D eigenvalue weighted by Gasteiger charge is 2.18. The van der Waals surface area contributed by atoms with E-state index in [-0.39, 0.29) is 0 Å². The van der Waals surface area contributed by atoms with E-state index in [1.54, 1.807) is 12.7 Å². The van der Waals surface area contributed by atoms with Gasteiger partial charge in [0.1, 0.15) is 11.8 Å². The first-order valence-corrected chi connectivity index (χ1v) is 6.46. The molecule has 18 heavy (non-hydrogen) atoms. The van der Waals surface area contributed by atoms with Crippen LogP contribution < -0.4 is 11.1 Å². The quantitative estimate of drug-likeness (QED) is 0.758. The monoisotopic (exact) mass is 246 g/mol. The van der Waals surface area contributed by atoms with Crippen molar-refractivity contribution in [2.75, 3.05) is 11.9 Å². The van der Waals surface area contributed by atoms with Gasteiger partial charge in [-0.05, 0) is 31.6 Å². The first-order chi connectivity index (χ1) is 8.83. The third-order valence-corrected chi connectivity index (χ3v) is 3.67. The van der Waals surface area contributed by atoms with Crippen LogP contribution in [0.4, 0.5) is 5.82 Å². The third-order valence-electron chi connectivity index (χ3n) is 3.67. The second kappa shape index (κ2) is 4.89. The topological polar surface area (TPSA) is 92.5 Å². The SMILES string of the molecule is NC1CCC(CNc2ncnc3nc[nH]c23)CC1. The lowest BCUT2D eigenvalue weighted by molar-refractivity contribution is 0.338. The zero-order chi connectivity index (χ0) is 12.4. The molecule has 4 N–H and O–H groups in total. The van der Waals surface area contributed by atoms with Crippen LogP contribution in [-0.4, -0.2) is 32.5 Å². The van der Waals surface area contributed by atoms with E-state index >= 15 is 0 Å². The normalized spacial score (nSPS) is 24.3. The van der Waals surface area contributed by atoms with E-state index in [1.807, 2.05) is 0 Å². The molecule has 2 heterocycles. The van der Waals surface area contributed by atoms with Crippen molar-refractivity contribution in [3.8, 4) is 0 Å². The molecule has 0 bridgehead atoms. The Hall–Kier alpha value is -1.69. The number of H-pyrrole nitrogens is 1. The molecule has 0 radical (unpaired) electrons. The van der Waals surface area contributed by atoms with Crippen LogP contribution in [0.2, 0.25) is 0 Å². The van der Waals surface area contributed by atoms with E-state index in [2.05, 4.69) is 25.3 Å². The summed E-state index contributed by atoms with van der Waals surface area (Å²) in [5.74, 6) is 1.53. The molecular formula is C12H18N6. The van der Waals surface area contributed by atoms with Crippen molar-refractivity contribution in [1.82, 2.24) is 19.9 Å². The van der Waals surface area contributed by atoms with E-state index in [9.17, 15) is 0 Å². The molecule has 0 atom stereocenters. The molecule has 96 valence electrons. The van der Waals surface area contributed by atoms with Gasteiger partial charge in [0.2, 0.25) is 0 Å². The van der Waals surface area contributed by atoms with Gasteiger partial charge in [0, 0.05) is 12.6 Å². The van der Waals surface area contributed by atoms with Gasteiger partial charge in [0.15, 0.2) is 11.5 Å². The largest absolute Gasteiger partial charge is 0.368 e. The summed E-state index contributed by atoms with van der Waals surface area (Å²) >= 11 is 0. The van der Waals surface area contributed by atoms with E-state index in [0.29, 0.717) is 17.6 Å². The molecule has 0 aromatic carbocycles. The fourth-order valence-electron chi connectivity index (χ4n) is 2.53. The predicted octanol–water partition coefficient (Wildman–Crippen LogP) is 1.28. The highest BCUT2D eigenvalue weighted by molar-refractivity contribution is 5.81. The number of aromatic nitrogens is 4. The number of nitrogens with two attached hydrogens (primary N) is 1. The summed E-state index contributed by atoms with van der Waals surface area (Å²) in [5, 5.41) is 3.40. The van der Waals surface area contributed by atoms with Crippen LogP contribution in [0.15, 0.2) is 12.7 Å². The highest BCUT2D eigenvalue weighted by atomic mass is 15.1. The molecule has 2 aromatic heterocycles. The number of nitrogens with zero attached hydrogens (tertiary/aromatic N) is 3. The van der Waals surface area contributed by atoms with Crippen molar-refractivity contribution in [2.24, 2.45) is 11.7 Å². The lowest BCUT2D eigenvalue weighted by atomic mass is 9.86.